The molecule has 1 aliphatic carbocycles. The molecule has 2 aliphatic rings. The van der Waals surface area contributed by atoms with Gasteiger partial charge in [0.2, 0.25) is 5.95 Å². The van der Waals surface area contributed by atoms with Crippen LogP contribution < -0.4 is 5.32 Å². The van der Waals surface area contributed by atoms with Crippen LogP contribution in [0.15, 0.2) is 78.5 Å². The van der Waals surface area contributed by atoms with Crippen LogP contribution in [0, 0.1) is 18.3 Å². The van der Waals surface area contributed by atoms with Gasteiger partial charge in [0.15, 0.2) is 0 Å². The molecule has 2 fully saturated rings. The van der Waals surface area contributed by atoms with Crippen molar-refractivity contribution in [3.05, 3.63) is 89.6 Å². The molecule has 4 rings (SSSR count). The van der Waals surface area contributed by atoms with Gasteiger partial charge >= 0.3 is 0 Å². The molecule has 2 heterocycles. The molecule has 8 heteroatoms. The third-order valence-electron chi connectivity index (χ3n) is 7.69. The zero-order valence-corrected chi connectivity index (χ0v) is 30.4. The van der Waals surface area contributed by atoms with E-state index in [0.717, 1.165) is 78.0 Å². The molecule has 0 bridgehead atoms. The summed E-state index contributed by atoms with van der Waals surface area (Å²) in [6.07, 6.45) is 10.6. The molecular weight excluding hydrogens is 596 g/mol. The van der Waals surface area contributed by atoms with Crippen LogP contribution in [0.25, 0.3) is 11.1 Å². The highest BCUT2D eigenvalue weighted by molar-refractivity contribution is 5.79. The van der Waals surface area contributed by atoms with Crippen LogP contribution in [0.1, 0.15) is 92.2 Å². The lowest BCUT2D eigenvalue weighted by Crippen LogP contribution is -2.28. The molecule has 0 amide bonds. The molecule has 260 valence electrons. The lowest BCUT2D eigenvalue weighted by atomic mass is 9.95. The minimum Gasteiger partial charge on any atom is -0.500 e. The van der Waals surface area contributed by atoms with Crippen molar-refractivity contribution in [1.82, 2.24) is 9.97 Å². The second kappa shape index (κ2) is 19.9. The quantitative estimate of drug-likeness (QED) is 0.182. The molecule has 0 atom stereocenters. The van der Waals surface area contributed by atoms with Gasteiger partial charge in [0.05, 0.1) is 25.7 Å². The number of ether oxygens (including phenoxy) is 2. The van der Waals surface area contributed by atoms with Crippen LogP contribution in [0.2, 0.25) is 0 Å². The maximum absolute atomic E-state index is 13.3. The average molecular weight is 654 g/mol. The molecule has 1 N–H and O–H groups in total. The van der Waals surface area contributed by atoms with Crippen LogP contribution in [-0.2, 0) is 20.7 Å². The Labute approximate surface area is 282 Å². The zero-order valence-electron chi connectivity index (χ0n) is 30.4. The van der Waals surface area contributed by atoms with Crippen molar-refractivity contribution >= 4 is 11.7 Å². The van der Waals surface area contributed by atoms with Gasteiger partial charge in [-0.2, -0.15) is 0 Å². The van der Waals surface area contributed by atoms with Crippen molar-refractivity contribution in [3.63, 3.8) is 0 Å². The van der Waals surface area contributed by atoms with E-state index < -0.39 is 11.3 Å². The molecule has 0 spiro atoms. The smallest absolute Gasteiger partial charge is 0.257 e. The van der Waals surface area contributed by atoms with Crippen molar-refractivity contribution in [2.45, 2.75) is 100 Å². The maximum Gasteiger partial charge on any atom is 0.257 e. The fraction of sp³-hybridized carbons (Fsp3) is 0.513. The summed E-state index contributed by atoms with van der Waals surface area (Å²) in [4.78, 5) is 20.2. The van der Waals surface area contributed by atoms with Gasteiger partial charge in [0.1, 0.15) is 11.5 Å². The van der Waals surface area contributed by atoms with E-state index in [1.165, 1.54) is 7.11 Å². The fourth-order valence-electron chi connectivity index (χ4n) is 4.68. The monoisotopic (exact) mass is 653 g/mol. The van der Waals surface area contributed by atoms with Crippen molar-refractivity contribution in [3.8, 4) is 11.1 Å². The Bertz CT molecular complexity index is 1370. The number of rotatable bonds is 12. The minimum absolute atomic E-state index is 0.171. The molecule has 1 saturated heterocycles. The van der Waals surface area contributed by atoms with Gasteiger partial charge in [0, 0.05) is 42.9 Å². The first kappa shape index (κ1) is 41.4. The summed E-state index contributed by atoms with van der Waals surface area (Å²) in [6.45, 7) is 26.4. The summed E-state index contributed by atoms with van der Waals surface area (Å²) in [5.74, 6) is -0.783. The second-order valence-electron chi connectivity index (χ2n) is 12.1. The predicted molar refractivity (Wildman–Crippen MR) is 192 cm³/mol. The third-order valence-corrected chi connectivity index (χ3v) is 7.69. The van der Waals surface area contributed by atoms with E-state index >= 15 is 0 Å². The number of Topliss-reactive ketones (excluding diaryl/α,β-unsaturated/α-hetero) is 1. The molecule has 1 aliphatic heterocycles. The molecule has 2 aromatic rings. The van der Waals surface area contributed by atoms with Crippen LogP contribution in [0.4, 0.5) is 14.7 Å². The Balaban J connectivity index is 0.000000435. The highest BCUT2D eigenvalue weighted by Gasteiger charge is 2.62. The molecule has 1 aromatic heterocycles. The SMILES string of the molecule is C=C(C)/C=C(\OC)C1(C(C)(F)F)CC1.C=C(CC)/C(=C\CC)Nc1ncc(-c2ccc(CC(C)=O)c(C)c2)cn1.CC.CC1COC1. The second-order valence-corrected chi connectivity index (χ2v) is 12.1. The first-order chi connectivity index (χ1) is 22.2. The highest BCUT2D eigenvalue weighted by atomic mass is 19.3. The summed E-state index contributed by atoms with van der Waals surface area (Å²) in [5.41, 5.74) is 5.84. The Morgan fingerprint density at radius 3 is 2.06 bits per heavy atom. The Morgan fingerprint density at radius 1 is 1.13 bits per heavy atom. The van der Waals surface area contributed by atoms with Gasteiger partial charge in [-0.25, -0.2) is 18.7 Å². The van der Waals surface area contributed by atoms with Gasteiger partial charge in [-0.15, -0.1) is 0 Å². The number of hydrogen-bond acceptors (Lipinski definition) is 6. The topological polar surface area (TPSA) is 73.3 Å². The molecule has 1 aromatic carbocycles. The number of alkyl halides is 2. The number of methoxy groups -OCH3 is 1. The number of hydrogen-bond donors (Lipinski definition) is 1. The Hall–Kier alpha value is -3.65. The minimum atomic E-state index is -2.72. The van der Waals surface area contributed by atoms with Gasteiger partial charge in [-0.1, -0.05) is 77.6 Å². The summed E-state index contributed by atoms with van der Waals surface area (Å²) in [6, 6.07) is 6.09. The molecule has 0 unspecified atom stereocenters. The Morgan fingerprint density at radius 2 is 1.70 bits per heavy atom. The van der Waals surface area contributed by atoms with Gasteiger partial charge in [-0.3, -0.25) is 4.79 Å². The lowest BCUT2D eigenvalue weighted by Gasteiger charge is -2.24. The number of carbonyl (C=O) groups excluding carboxylic acids is 1. The van der Waals surface area contributed by atoms with E-state index in [1.807, 2.05) is 45.3 Å². The Kier molecular flexibility index (Phi) is 17.5. The number of allylic oxidation sites excluding steroid dienone is 5. The summed E-state index contributed by atoms with van der Waals surface area (Å²) < 4.78 is 36.5. The van der Waals surface area contributed by atoms with E-state index in [2.05, 4.69) is 61.4 Å². The molecule has 0 radical (unpaired) electrons. The molecule has 47 heavy (non-hydrogen) atoms. The van der Waals surface area contributed by atoms with Crippen LogP contribution in [-0.4, -0.2) is 42.0 Å². The molecule has 1 saturated carbocycles. The van der Waals surface area contributed by atoms with Crippen molar-refractivity contribution in [1.29, 1.82) is 0 Å². The fourth-order valence-corrected chi connectivity index (χ4v) is 4.68. The van der Waals surface area contributed by atoms with Gasteiger partial charge in [-0.05, 0) is 74.8 Å². The van der Waals surface area contributed by atoms with Crippen molar-refractivity contribution in [2.75, 3.05) is 25.6 Å². The summed E-state index contributed by atoms with van der Waals surface area (Å²) in [7, 11) is 1.43. The summed E-state index contributed by atoms with van der Waals surface area (Å²) >= 11 is 0. The van der Waals surface area contributed by atoms with Crippen molar-refractivity contribution < 1.29 is 23.0 Å². The van der Waals surface area contributed by atoms with Crippen LogP contribution in [0.3, 0.4) is 0 Å². The van der Waals surface area contributed by atoms with E-state index in [4.69, 9.17) is 9.47 Å². The summed E-state index contributed by atoms with van der Waals surface area (Å²) in [5, 5.41) is 3.25. The number of aromatic nitrogens is 2. The van der Waals surface area contributed by atoms with Crippen molar-refractivity contribution in [2.24, 2.45) is 11.3 Å². The number of nitrogens with zero attached hydrogens (tertiary/aromatic N) is 2. The number of ketones is 1. The van der Waals surface area contributed by atoms with E-state index in [0.29, 0.717) is 31.0 Å². The molecule has 6 nitrogen and oxygen atoms in total. The number of nitrogens with one attached hydrogen (secondary N) is 1. The standard InChI is InChI=1S/C22H27N3O.C11H16F2O.C4H8O.C2H6/c1-6-8-21(15(3)7-2)25-22-23-13-20(14-24-22)19-10-9-18(12-17(5)26)16(4)11-19;1-8(2)7-9(14-4)11(5-6-11)10(3,12)13;1-4-2-5-3-4;1-2/h8-11,13-14H,3,6-7,12H2,1-2,4-5H3,(H,23,24,25);7H,1,5-6H2,2-4H3;4H,2-3H2,1H3;1-2H3/b21-8+;9-7-;;. The highest BCUT2D eigenvalue weighted by Crippen LogP contribution is 2.61. The number of benzene rings is 1. The molecular formula is C39H57F2N3O3. The van der Waals surface area contributed by atoms with Gasteiger partial charge < -0.3 is 14.8 Å². The number of carbonyl (C=O) groups is 1. The van der Waals surface area contributed by atoms with Crippen LogP contribution in [0.5, 0.6) is 0 Å². The number of aryl methyl sites for hydroxylation is 1. The normalized spacial score (nSPS) is 15.2. The maximum atomic E-state index is 13.3. The first-order valence-corrected chi connectivity index (χ1v) is 16.6. The first-order valence-electron chi connectivity index (χ1n) is 16.6. The third kappa shape index (κ3) is 13.2. The van der Waals surface area contributed by atoms with E-state index in [9.17, 15) is 13.6 Å². The average Bonchev–Trinajstić information content (AvgIpc) is 3.84. The predicted octanol–water partition coefficient (Wildman–Crippen LogP) is 10.5. The van der Waals surface area contributed by atoms with E-state index in [-0.39, 0.29) is 5.78 Å². The largest absolute Gasteiger partial charge is 0.500 e. The van der Waals surface area contributed by atoms with E-state index in [1.54, 1.807) is 19.9 Å². The van der Waals surface area contributed by atoms with Crippen LogP contribution >= 0.6 is 0 Å². The zero-order chi connectivity index (χ0) is 35.8. The van der Waals surface area contributed by atoms with Gasteiger partial charge in [0.25, 0.3) is 5.92 Å². The number of anilines is 1. The lowest BCUT2D eigenvalue weighted by molar-refractivity contribution is -0.116. The number of halogens is 2.